The minimum absolute atomic E-state index is 0.0734. The lowest BCUT2D eigenvalue weighted by Crippen LogP contribution is -2.20. The van der Waals surface area contributed by atoms with Gasteiger partial charge in [0.25, 0.3) is 11.8 Å². The van der Waals surface area contributed by atoms with Crippen molar-refractivity contribution in [2.24, 2.45) is 0 Å². The Labute approximate surface area is 128 Å². The number of alkyl halides is 3. The Morgan fingerprint density at radius 3 is 2.23 bits per heavy atom. The van der Waals surface area contributed by atoms with Crippen LogP contribution in [0, 0.1) is 0 Å². The lowest BCUT2D eigenvalue weighted by atomic mass is 10.1. The van der Waals surface area contributed by atoms with Gasteiger partial charge in [-0.05, 0) is 35.7 Å². The Hall–Kier alpha value is -2.35. The van der Waals surface area contributed by atoms with Crippen LogP contribution in [0.2, 0.25) is 0 Å². The third kappa shape index (κ3) is 3.45. The predicted octanol–water partition coefficient (Wildman–Crippen LogP) is 3.38. The quantitative estimate of drug-likeness (QED) is 0.907. The molecule has 8 heteroatoms. The van der Waals surface area contributed by atoms with Crippen LogP contribution in [0.15, 0.2) is 35.7 Å². The van der Waals surface area contributed by atoms with E-state index < -0.39 is 17.6 Å². The molecule has 0 bridgehead atoms. The zero-order chi connectivity index (χ0) is 16.3. The Bertz CT molecular complexity index is 693. The first-order valence-corrected chi connectivity index (χ1v) is 6.99. The monoisotopic (exact) mass is 328 g/mol. The number of hydrogen-bond donors (Lipinski definition) is 2. The number of carbonyl (C=O) groups is 2. The molecule has 0 saturated heterocycles. The van der Waals surface area contributed by atoms with Crippen LogP contribution in [0.4, 0.5) is 18.2 Å². The maximum Gasteiger partial charge on any atom is 0.416 e. The molecule has 0 aliphatic heterocycles. The summed E-state index contributed by atoms with van der Waals surface area (Å²) in [5, 5.41) is 6.92. The molecule has 0 spiro atoms. The van der Waals surface area contributed by atoms with Crippen molar-refractivity contribution in [3.63, 3.8) is 0 Å². The Kier molecular flexibility index (Phi) is 4.51. The number of rotatable bonds is 3. The number of nitrogens with one attached hydrogen (secondary N) is 2. The fourth-order valence-electron chi connectivity index (χ4n) is 1.71. The van der Waals surface area contributed by atoms with E-state index in [1.807, 2.05) is 0 Å². The van der Waals surface area contributed by atoms with Crippen molar-refractivity contribution < 1.29 is 22.8 Å². The highest BCUT2D eigenvalue weighted by molar-refractivity contribution is 7.14. The van der Waals surface area contributed by atoms with Crippen molar-refractivity contribution in [2.45, 2.75) is 6.18 Å². The molecule has 0 unspecified atom stereocenters. The molecule has 0 radical (unpaired) electrons. The standard InChI is InChI=1S/C14H11F3N2O2S/c1-18-12(21)10-6-7-22-13(10)19-11(20)8-2-4-9(5-3-8)14(15,16)17/h2-7H,1H3,(H,18,21)(H,19,20). The largest absolute Gasteiger partial charge is 0.416 e. The van der Waals surface area contributed by atoms with Crippen molar-refractivity contribution in [3.05, 3.63) is 52.4 Å². The number of amides is 2. The van der Waals surface area contributed by atoms with Crippen molar-refractivity contribution in [1.29, 1.82) is 0 Å². The van der Waals surface area contributed by atoms with Crippen molar-refractivity contribution in [1.82, 2.24) is 5.32 Å². The summed E-state index contributed by atoms with van der Waals surface area (Å²) in [6.45, 7) is 0. The molecule has 1 heterocycles. The summed E-state index contributed by atoms with van der Waals surface area (Å²) in [4.78, 5) is 23.6. The molecule has 2 N–H and O–H groups in total. The number of hydrogen-bond acceptors (Lipinski definition) is 3. The smallest absolute Gasteiger partial charge is 0.355 e. The minimum atomic E-state index is -4.45. The normalized spacial score (nSPS) is 11.1. The zero-order valence-corrected chi connectivity index (χ0v) is 12.1. The van der Waals surface area contributed by atoms with E-state index in [1.165, 1.54) is 7.05 Å². The van der Waals surface area contributed by atoms with Gasteiger partial charge in [0, 0.05) is 12.6 Å². The third-order valence-electron chi connectivity index (χ3n) is 2.84. The van der Waals surface area contributed by atoms with Crippen LogP contribution in [0.3, 0.4) is 0 Å². The maximum absolute atomic E-state index is 12.5. The lowest BCUT2D eigenvalue weighted by Gasteiger charge is -2.08. The van der Waals surface area contributed by atoms with Crippen molar-refractivity contribution in [2.75, 3.05) is 12.4 Å². The number of benzene rings is 1. The highest BCUT2D eigenvalue weighted by atomic mass is 32.1. The van der Waals surface area contributed by atoms with Crippen LogP contribution in [0.25, 0.3) is 0 Å². The highest BCUT2D eigenvalue weighted by Crippen LogP contribution is 2.29. The summed E-state index contributed by atoms with van der Waals surface area (Å²) < 4.78 is 37.4. The van der Waals surface area contributed by atoms with Gasteiger partial charge in [-0.1, -0.05) is 0 Å². The summed E-state index contributed by atoms with van der Waals surface area (Å²) in [5.74, 6) is -0.940. The minimum Gasteiger partial charge on any atom is -0.355 e. The molecule has 22 heavy (non-hydrogen) atoms. The number of carbonyl (C=O) groups excluding carboxylic acids is 2. The van der Waals surface area contributed by atoms with Gasteiger partial charge in [-0.2, -0.15) is 13.2 Å². The molecule has 4 nitrogen and oxygen atoms in total. The summed E-state index contributed by atoms with van der Waals surface area (Å²) in [6, 6.07) is 5.40. The van der Waals surface area contributed by atoms with Crippen molar-refractivity contribution in [3.8, 4) is 0 Å². The molecular weight excluding hydrogens is 317 g/mol. The average Bonchev–Trinajstić information content (AvgIpc) is 2.93. The van der Waals surface area contributed by atoms with Gasteiger partial charge in [0.15, 0.2) is 0 Å². The molecule has 0 saturated carbocycles. The van der Waals surface area contributed by atoms with E-state index in [1.54, 1.807) is 11.4 Å². The Morgan fingerprint density at radius 2 is 1.68 bits per heavy atom. The van der Waals surface area contributed by atoms with E-state index in [-0.39, 0.29) is 11.5 Å². The molecule has 1 aromatic heterocycles. The van der Waals surface area contributed by atoms with Gasteiger partial charge in [-0.15, -0.1) is 11.3 Å². The lowest BCUT2D eigenvalue weighted by molar-refractivity contribution is -0.137. The first-order valence-electron chi connectivity index (χ1n) is 6.11. The molecule has 2 rings (SSSR count). The molecule has 0 aliphatic carbocycles. The third-order valence-corrected chi connectivity index (χ3v) is 3.67. The fourth-order valence-corrected chi connectivity index (χ4v) is 2.48. The van der Waals surface area contributed by atoms with Gasteiger partial charge in [-0.25, -0.2) is 0 Å². The zero-order valence-electron chi connectivity index (χ0n) is 11.3. The van der Waals surface area contributed by atoms with Gasteiger partial charge in [0.1, 0.15) is 5.00 Å². The Balaban J connectivity index is 2.16. The fraction of sp³-hybridized carbons (Fsp3) is 0.143. The number of anilines is 1. The van der Waals surface area contributed by atoms with Crippen molar-refractivity contribution >= 4 is 28.2 Å². The van der Waals surface area contributed by atoms with E-state index in [9.17, 15) is 22.8 Å². The second-order valence-corrected chi connectivity index (χ2v) is 5.19. The second-order valence-electron chi connectivity index (χ2n) is 4.27. The topological polar surface area (TPSA) is 58.2 Å². The van der Waals surface area contributed by atoms with Gasteiger partial charge < -0.3 is 10.6 Å². The molecule has 0 aliphatic rings. The van der Waals surface area contributed by atoms with E-state index in [4.69, 9.17) is 0 Å². The van der Waals surface area contributed by atoms with Gasteiger partial charge >= 0.3 is 6.18 Å². The average molecular weight is 328 g/mol. The van der Waals surface area contributed by atoms with Crippen LogP contribution < -0.4 is 10.6 Å². The number of thiophene rings is 1. The summed E-state index contributed by atoms with van der Waals surface area (Å²) in [5.41, 5.74) is -0.455. The second kappa shape index (κ2) is 6.18. The maximum atomic E-state index is 12.5. The van der Waals surface area contributed by atoms with E-state index in [0.717, 1.165) is 35.6 Å². The molecule has 0 atom stereocenters. The van der Waals surface area contributed by atoms with E-state index in [2.05, 4.69) is 10.6 Å². The highest BCUT2D eigenvalue weighted by Gasteiger charge is 2.30. The summed E-state index contributed by atoms with van der Waals surface area (Å²) >= 11 is 1.15. The molecular formula is C14H11F3N2O2S. The molecule has 1 aromatic carbocycles. The van der Waals surface area contributed by atoms with E-state index in [0.29, 0.717) is 10.6 Å². The van der Waals surface area contributed by atoms with Crippen LogP contribution in [-0.2, 0) is 6.18 Å². The van der Waals surface area contributed by atoms with Gasteiger partial charge in [0.05, 0.1) is 11.1 Å². The first kappa shape index (κ1) is 16.0. The van der Waals surface area contributed by atoms with Crippen LogP contribution in [-0.4, -0.2) is 18.9 Å². The van der Waals surface area contributed by atoms with Crippen LogP contribution >= 0.6 is 11.3 Å². The SMILES string of the molecule is CNC(=O)c1ccsc1NC(=O)c1ccc(C(F)(F)F)cc1. The van der Waals surface area contributed by atoms with E-state index >= 15 is 0 Å². The first-order chi connectivity index (χ1) is 10.3. The molecule has 2 amide bonds. The van der Waals surface area contributed by atoms with Crippen LogP contribution in [0.5, 0.6) is 0 Å². The van der Waals surface area contributed by atoms with Gasteiger partial charge in [-0.3, -0.25) is 9.59 Å². The van der Waals surface area contributed by atoms with Gasteiger partial charge in [0.2, 0.25) is 0 Å². The molecule has 116 valence electrons. The predicted molar refractivity (Wildman–Crippen MR) is 77.1 cm³/mol. The number of halogens is 3. The Morgan fingerprint density at radius 1 is 1.05 bits per heavy atom. The summed E-state index contributed by atoms with van der Waals surface area (Å²) in [6.07, 6.45) is -4.45. The van der Waals surface area contributed by atoms with Crippen LogP contribution in [0.1, 0.15) is 26.3 Å². The molecule has 0 fully saturated rings. The molecule has 2 aromatic rings. The summed E-state index contributed by atoms with van der Waals surface area (Å²) in [7, 11) is 1.46.